The third kappa shape index (κ3) is 3.64. The highest BCUT2D eigenvalue weighted by Gasteiger charge is 2.43. The van der Waals surface area contributed by atoms with Crippen molar-refractivity contribution in [3.63, 3.8) is 0 Å². The van der Waals surface area contributed by atoms with E-state index in [2.05, 4.69) is 5.32 Å². The molecular formula is C10H20N2O2. The maximum atomic E-state index is 11.4. The largest absolute Gasteiger partial charge is 0.394 e. The van der Waals surface area contributed by atoms with E-state index in [0.29, 0.717) is 12.8 Å². The number of carbonyl (C=O) groups is 1. The summed E-state index contributed by atoms with van der Waals surface area (Å²) in [6, 6.07) is 0. The smallest absolute Gasteiger partial charge is 0.220 e. The minimum absolute atomic E-state index is 0.00456. The van der Waals surface area contributed by atoms with Gasteiger partial charge in [-0.25, -0.2) is 0 Å². The molecule has 0 aromatic rings. The molecule has 0 atom stereocenters. The fraction of sp³-hybridized carbons (Fsp3) is 0.900. The molecule has 0 bridgehead atoms. The first-order valence-electron chi connectivity index (χ1n) is 5.08. The Hall–Kier alpha value is -0.610. The Balaban J connectivity index is 2.23. The van der Waals surface area contributed by atoms with E-state index in [1.54, 1.807) is 0 Å². The number of carbonyl (C=O) groups excluding carboxylic acids is 1. The van der Waals surface area contributed by atoms with Crippen LogP contribution in [0.2, 0.25) is 0 Å². The van der Waals surface area contributed by atoms with Crippen LogP contribution in [0.5, 0.6) is 0 Å². The van der Waals surface area contributed by atoms with Crippen LogP contribution >= 0.6 is 0 Å². The lowest BCUT2D eigenvalue weighted by Gasteiger charge is -2.19. The highest BCUT2D eigenvalue weighted by atomic mass is 16.3. The zero-order valence-corrected chi connectivity index (χ0v) is 8.97. The molecule has 1 aliphatic carbocycles. The molecule has 4 N–H and O–H groups in total. The molecule has 4 heteroatoms. The summed E-state index contributed by atoms with van der Waals surface area (Å²) in [7, 11) is 0. The maximum Gasteiger partial charge on any atom is 0.220 e. The molecule has 1 rings (SSSR count). The van der Waals surface area contributed by atoms with Crippen molar-refractivity contribution in [2.75, 3.05) is 6.61 Å². The Bertz CT molecular complexity index is 217. The predicted octanol–water partition coefficient (Wildman–Crippen LogP) is 0.145. The fourth-order valence-corrected chi connectivity index (χ4v) is 1.27. The second kappa shape index (κ2) is 3.87. The molecule has 0 saturated heterocycles. The summed E-state index contributed by atoms with van der Waals surface area (Å²) in [5, 5.41) is 11.8. The van der Waals surface area contributed by atoms with Crippen molar-refractivity contribution in [2.24, 2.45) is 5.73 Å². The van der Waals surface area contributed by atoms with Crippen LogP contribution in [0.4, 0.5) is 0 Å². The van der Waals surface area contributed by atoms with E-state index < -0.39 is 0 Å². The van der Waals surface area contributed by atoms with E-state index in [9.17, 15) is 4.79 Å². The Morgan fingerprint density at radius 2 is 2.14 bits per heavy atom. The summed E-state index contributed by atoms with van der Waals surface area (Å²) < 4.78 is 0. The quantitative estimate of drug-likeness (QED) is 0.591. The van der Waals surface area contributed by atoms with Crippen molar-refractivity contribution in [3.8, 4) is 0 Å². The molecule has 1 aliphatic rings. The van der Waals surface area contributed by atoms with Crippen LogP contribution in [0.25, 0.3) is 0 Å². The molecular weight excluding hydrogens is 180 g/mol. The van der Waals surface area contributed by atoms with E-state index in [1.807, 2.05) is 13.8 Å². The van der Waals surface area contributed by atoms with Crippen LogP contribution < -0.4 is 11.1 Å². The van der Waals surface area contributed by atoms with Crippen LogP contribution in [0.3, 0.4) is 0 Å². The number of nitrogens with two attached hydrogens (primary N) is 1. The normalized spacial score (nSPS) is 19.1. The Morgan fingerprint density at radius 1 is 1.57 bits per heavy atom. The van der Waals surface area contributed by atoms with Crippen molar-refractivity contribution < 1.29 is 9.90 Å². The number of rotatable bonds is 5. The molecule has 0 unspecified atom stereocenters. The lowest BCUT2D eigenvalue weighted by atomic mass is 10.00. The van der Waals surface area contributed by atoms with E-state index in [0.717, 1.165) is 12.8 Å². The van der Waals surface area contributed by atoms with Crippen molar-refractivity contribution in [1.82, 2.24) is 5.32 Å². The van der Waals surface area contributed by atoms with Gasteiger partial charge in [-0.3, -0.25) is 4.79 Å². The number of hydrogen-bond acceptors (Lipinski definition) is 3. The molecule has 4 nitrogen and oxygen atoms in total. The lowest BCUT2D eigenvalue weighted by Crippen LogP contribution is -2.41. The molecule has 14 heavy (non-hydrogen) atoms. The van der Waals surface area contributed by atoms with Crippen LogP contribution in [0.15, 0.2) is 0 Å². The lowest BCUT2D eigenvalue weighted by molar-refractivity contribution is -0.122. The molecule has 0 radical (unpaired) electrons. The van der Waals surface area contributed by atoms with Crippen molar-refractivity contribution >= 4 is 5.91 Å². The monoisotopic (exact) mass is 200 g/mol. The SMILES string of the molecule is CC(C)(N)CCC(=O)NC1(CO)CC1. The fourth-order valence-electron chi connectivity index (χ4n) is 1.27. The van der Waals surface area contributed by atoms with Crippen molar-refractivity contribution in [2.45, 2.75) is 50.6 Å². The predicted molar refractivity (Wildman–Crippen MR) is 54.7 cm³/mol. The zero-order valence-electron chi connectivity index (χ0n) is 8.97. The molecule has 0 spiro atoms. The average Bonchev–Trinajstić information content (AvgIpc) is 2.81. The summed E-state index contributed by atoms with van der Waals surface area (Å²) in [6.45, 7) is 3.85. The first kappa shape index (κ1) is 11.5. The van der Waals surface area contributed by atoms with Gasteiger partial charge in [0.25, 0.3) is 0 Å². The van der Waals surface area contributed by atoms with Gasteiger partial charge in [0.15, 0.2) is 0 Å². The maximum absolute atomic E-state index is 11.4. The molecule has 1 amide bonds. The minimum atomic E-state index is -0.298. The van der Waals surface area contributed by atoms with Crippen LogP contribution in [-0.2, 0) is 4.79 Å². The number of amides is 1. The van der Waals surface area contributed by atoms with Crippen LogP contribution in [-0.4, -0.2) is 28.7 Å². The third-order valence-electron chi connectivity index (χ3n) is 2.56. The molecule has 0 aliphatic heterocycles. The van der Waals surface area contributed by atoms with Gasteiger partial charge in [0.2, 0.25) is 5.91 Å². The summed E-state index contributed by atoms with van der Waals surface area (Å²) in [4.78, 5) is 11.4. The third-order valence-corrected chi connectivity index (χ3v) is 2.56. The summed E-state index contributed by atoms with van der Waals surface area (Å²) in [6.07, 6.45) is 2.88. The van der Waals surface area contributed by atoms with Gasteiger partial charge in [0, 0.05) is 12.0 Å². The van der Waals surface area contributed by atoms with Crippen LogP contribution in [0.1, 0.15) is 39.5 Å². The standard InChI is InChI=1S/C10H20N2O2/c1-9(2,11)4-3-8(14)12-10(7-13)5-6-10/h13H,3-7,11H2,1-2H3,(H,12,14). The number of hydrogen-bond donors (Lipinski definition) is 3. The zero-order chi connectivity index (χ0) is 10.8. The summed E-state index contributed by atoms with van der Waals surface area (Å²) in [5.74, 6) is -0.00456. The van der Waals surface area contributed by atoms with Gasteiger partial charge in [0.05, 0.1) is 12.1 Å². The van der Waals surface area contributed by atoms with Crippen molar-refractivity contribution in [1.29, 1.82) is 0 Å². The van der Waals surface area contributed by atoms with Crippen LogP contribution in [0, 0.1) is 0 Å². The first-order valence-corrected chi connectivity index (χ1v) is 5.08. The van der Waals surface area contributed by atoms with E-state index in [-0.39, 0.29) is 23.6 Å². The highest BCUT2D eigenvalue weighted by Crippen LogP contribution is 2.34. The average molecular weight is 200 g/mol. The summed E-state index contributed by atoms with van der Waals surface area (Å²) in [5.41, 5.74) is 5.17. The van der Waals surface area contributed by atoms with Gasteiger partial charge in [-0.05, 0) is 33.1 Å². The number of aliphatic hydroxyl groups excluding tert-OH is 1. The second-order valence-electron chi connectivity index (χ2n) is 4.98. The van der Waals surface area contributed by atoms with E-state index in [4.69, 9.17) is 10.8 Å². The van der Waals surface area contributed by atoms with E-state index in [1.165, 1.54) is 0 Å². The van der Waals surface area contributed by atoms with Gasteiger partial charge in [-0.2, -0.15) is 0 Å². The minimum Gasteiger partial charge on any atom is -0.394 e. The van der Waals surface area contributed by atoms with Gasteiger partial charge in [-0.15, -0.1) is 0 Å². The molecule has 1 saturated carbocycles. The molecule has 0 heterocycles. The summed E-state index contributed by atoms with van der Waals surface area (Å²) >= 11 is 0. The Labute approximate surface area is 84.9 Å². The topological polar surface area (TPSA) is 75.4 Å². The Morgan fingerprint density at radius 3 is 2.50 bits per heavy atom. The molecule has 0 aromatic carbocycles. The van der Waals surface area contributed by atoms with Gasteiger partial charge in [0.1, 0.15) is 0 Å². The van der Waals surface area contributed by atoms with Gasteiger partial charge in [-0.1, -0.05) is 0 Å². The number of aliphatic hydroxyl groups is 1. The van der Waals surface area contributed by atoms with Crippen molar-refractivity contribution in [3.05, 3.63) is 0 Å². The van der Waals surface area contributed by atoms with E-state index >= 15 is 0 Å². The molecule has 1 fully saturated rings. The molecule has 82 valence electrons. The Kier molecular flexibility index (Phi) is 3.17. The second-order valence-corrected chi connectivity index (χ2v) is 4.98. The molecule has 0 aromatic heterocycles. The highest BCUT2D eigenvalue weighted by molar-refractivity contribution is 5.77. The number of nitrogens with one attached hydrogen (secondary N) is 1. The van der Waals surface area contributed by atoms with Gasteiger partial charge < -0.3 is 16.2 Å². The van der Waals surface area contributed by atoms with Gasteiger partial charge >= 0.3 is 0 Å². The first-order chi connectivity index (χ1) is 6.37.